The topological polar surface area (TPSA) is 80.3 Å². The molecule has 0 radical (unpaired) electrons. The fourth-order valence-corrected chi connectivity index (χ4v) is 3.12. The van der Waals surface area contributed by atoms with Crippen molar-refractivity contribution in [2.45, 2.75) is 18.9 Å². The van der Waals surface area contributed by atoms with Crippen LogP contribution in [0.1, 0.15) is 22.3 Å². The number of benzene rings is 2. The van der Waals surface area contributed by atoms with Crippen LogP contribution in [0.25, 0.3) is 0 Å². The lowest BCUT2D eigenvalue weighted by atomic mass is 10.1. The number of halogens is 1. The molecule has 1 fully saturated rings. The highest BCUT2D eigenvalue weighted by atomic mass is 19.1. The normalized spacial score (nSPS) is 16.7. The van der Waals surface area contributed by atoms with Gasteiger partial charge in [-0.05, 0) is 35.9 Å². The number of ether oxygens (including phenoxy) is 1. The predicted octanol–water partition coefficient (Wildman–Crippen LogP) is 1.05. The van der Waals surface area contributed by atoms with Gasteiger partial charge in [-0.2, -0.15) is 0 Å². The summed E-state index contributed by atoms with van der Waals surface area (Å²) in [6, 6.07) is 12.1. The van der Waals surface area contributed by atoms with Gasteiger partial charge in [-0.25, -0.2) is 14.1 Å². The van der Waals surface area contributed by atoms with Gasteiger partial charge in [0, 0.05) is 6.42 Å². The summed E-state index contributed by atoms with van der Waals surface area (Å²) in [5.41, 5.74) is 1.34. The van der Waals surface area contributed by atoms with Gasteiger partial charge in [-0.1, -0.05) is 18.2 Å². The zero-order chi connectivity index (χ0) is 19.4. The fourth-order valence-electron chi connectivity index (χ4n) is 3.12. The Morgan fingerprint density at radius 3 is 2.56 bits per heavy atom. The van der Waals surface area contributed by atoms with E-state index < -0.39 is 12.0 Å². The molecule has 2 N–H and O–H groups in total. The van der Waals surface area contributed by atoms with Crippen molar-refractivity contribution in [1.82, 2.24) is 0 Å². The van der Waals surface area contributed by atoms with Gasteiger partial charge in [0.05, 0.1) is 31.3 Å². The lowest BCUT2D eigenvalue weighted by molar-refractivity contribution is -0.674. The SMILES string of the molecule is COC(=O)c1ccc(N2C(=O)C[C@H]([NH2+]CCc3ccccc3F)C2=O)cc1. The quantitative estimate of drug-likeness (QED) is 0.608. The summed E-state index contributed by atoms with van der Waals surface area (Å²) in [6.07, 6.45) is 0.563. The van der Waals surface area contributed by atoms with Crippen LogP contribution in [-0.2, 0) is 20.7 Å². The van der Waals surface area contributed by atoms with E-state index in [-0.39, 0.29) is 24.1 Å². The molecule has 2 aromatic carbocycles. The number of hydrogen-bond donors (Lipinski definition) is 1. The fraction of sp³-hybridized carbons (Fsp3) is 0.250. The number of imide groups is 1. The van der Waals surface area contributed by atoms with Crippen molar-refractivity contribution in [2.75, 3.05) is 18.6 Å². The van der Waals surface area contributed by atoms with Crippen molar-refractivity contribution in [1.29, 1.82) is 0 Å². The number of nitrogens with zero attached hydrogens (tertiary/aromatic N) is 1. The average Bonchev–Trinajstić information content (AvgIpc) is 2.96. The summed E-state index contributed by atoms with van der Waals surface area (Å²) in [5.74, 6) is -1.36. The second-order valence-electron chi connectivity index (χ2n) is 6.28. The number of quaternary nitrogens is 1. The molecule has 1 atom stereocenters. The number of carbonyl (C=O) groups excluding carboxylic acids is 3. The van der Waals surface area contributed by atoms with Crippen molar-refractivity contribution in [2.24, 2.45) is 0 Å². The van der Waals surface area contributed by atoms with E-state index >= 15 is 0 Å². The van der Waals surface area contributed by atoms with E-state index in [1.807, 2.05) is 0 Å². The van der Waals surface area contributed by atoms with Crippen molar-refractivity contribution in [3.63, 3.8) is 0 Å². The van der Waals surface area contributed by atoms with E-state index in [2.05, 4.69) is 4.74 Å². The van der Waals surface area contributed by atoms with Gasteiger partial charge in [0.2, 0.25) is 5.91 Å². The molecule has 2 aromatic rings. The second kappa shape index (κ2) is 8.09. The number of rotatable bonds is 6. The smallest absolute Gasteiger partial charge is 0.337 e. The van der Waals surface area contributed by atoms with Crippen LogP contribution in [0.15, 0.2) is 48.5 Å². The molecule has 3 rings (SSSR count). The Hall–Kier alpha value is -3.06. The monoisotopic (exact) mass is 371 g/mol. The van der Waals surface area contributed by atoms with Crippen LogP contribution >= 0.6 is 0 Å². The lowest BCUT2D eigenvalue weighted by Crippen LogP contribution is -2.92. The Kier molecular flexibility index (Phi) is 5.61. The van der Waals surface area contributed by atoms with Crippen LogP contribution in [0, 0.1) is 5.82 Å². The molecule has 0 spiro atoms. The van der Waals surface area contributed by atoms with Crippen molar-refractivity contribution < 1.29 is 28.8 Å². The molecule has 2 amide bonds. The molecular weight excluding hydrogens is 351 g/mol. The first-order valence-corrected chi connectivity index (χ1v) is 8.63. The molecule has 1 aliphatic heterocycles. The highest BCUT2D eigenvalue weighted by molar-refractivity contribution is 6.21. The minimum atomic E-state index is -0.524. The average molecular weight is 371 g/mol. The molecule has 1 saturated heterocycles. The van der Waals surface area contributed by atoms with Gasteiger partial charge < -0.3 is 10.1 Å². The minimum Gasteiger partial charge on any atom is -0.465 e. The number of nitrogens with two attached hydrogens (primary N) is 1. The van der Waals surface area contributed by atoms with E-state index in [4.69, 9.17) is 0 Å². The molecule has 1 heterocycles. The number of anilines is 1. The van der Waals surface area contributed by atoms with Crippen LogP contribution in [0.3, 0.4) is 0 Å². The third kappa shape index (κ3) is 4.03. The van der Waals surface area contributed by atoms with E-state index in [1.54, 1.807) is 35.6 Å². The summed E-state index contributed by atoms with van der Waals surface area (Å²) in [7, 11) is 1.28. The third-order valence-electron chi connectivity index (χ3n) is 4.55. The van der Waals surface area contributed by atoms with Crippen molar-refractivity contribution >= 4 is 23.5 Å². The molecule has 6 nitrogen and oxygen atoms in total. The Morgan fingerprint density at radius 1 is 1.19 bits per heavy atom. The second-order valence-corrected chi connectivity index (χ2v) is 6.28. The number of esters is 1. The Labute approximate surface area is 155 Å². The maximum Gasteiger partial charge on any atom is 0.337 e. The highest BCUT2D eigenvalue weighted by Gasteiger charge is 2.42. The summed E-state index contributed by atoms with van der Waals surface area (Å²) >= 11 is 0. The number of amides is 2. The van der Waals surface area contributed by atoms with E-state index in [0.29, 0.717) is 29.8 Å². The Bertz CT molecular complexity index is 867. The summed E-state index contributed by atoms with van der Waals surface area (Å²) in [6.45, 7) is 0.500. The highest BCUT2D eigenvalue weighted by Crippen LogP contribution is 2.22. The Balaban J connectivity index is 1.63. The number of hydrogen-bond acceptors (Lipinski definition) is 4. The standard InChI is InChI=1S/C20H19FN2O4/c1-27-20(26)14-6-8-15(9-7-14)23-18(24)12-17(19(23)25)22-11-10-13-4-2-3-5-16(13)21/h2-9,17,22H,10-12H2,1H3/p+1/t17-/m0/s1. The first-order valence-electron chi connectivity index (χ1n) is 8.63. The van der Waals surface area contributed by atoms with E-state index in [1.165, 1.54) is 25.3 Å². The summed E-state index contributed by atoms with van der Waals surface area (Å²) in [4.78, 5) is 37.5. The largest absolute Gasteiger partial charge is 0.465 e. The van der Waals surface area contributed by atoms with Crippen LogP contribution in [0.4, 0.5) is 10.1 Å². The molecule has 27 heavy (non-hydrogen) atoms. The zero-order valence-corrected chi connectivity index (χ0v) is 14.9. The molecule has 0 saturated carbocycles. The van der Waals surface area contributed by atoms with Gasteiger partial charge in [-0.3, -0.25) is 9.59 Å². The minimum absolute atomic E-state index is 0.0921. The van der Waals surface area contributed by atoms with Crippen LogP contribution in [-0.4, -0.2) is 37.5 Å². The molecular formula is C20H20FN2O4+. The molecule has 140 valence electrons. The van der Waals surface area contributed by atoms with Crippen molar-refractivity contribution in [3.05, 3.63) is 65.5 Å². The zero-order valence-electron chi connectivity index (χ0n) is 14.9. The predicted molar refractivity (Wildman–Crippen MR) is 95.6 cm³/mol. The van der Waals surface area contributed by atoms with Crippen LogP contribution < -0.4 is 10.2 Å². The first-order chi connectivity index (χ1) is 13.0. The maximum atomic E-state index is 13.7. The van der Waals surface area contributed by atoms with Gasteiger partial charge in [0.1, 0.15) is 5.82 Å². The maximum absolute atomic E-state index is 13.7. The lowest BCUT2D eigenvalue weighted by Gasteiger charge is -2.14. The van der Waals surface area contributed by atoms with E-state index in [0.717, 1.165) is 4.90 Å². The first kappa shape index (κ1) is 18.7. The molecule has 0 bridgehead atoms. The molecule has 1 aliphatic rings. The van der Waals surface area contributed by atoms with Gasteiger partial charge >= 0.3 is 5.97 Å². The van der Waals surface area contributed by atoms with Crippen LogP contribution in [0.5, 0.6) is 0 Å². The molecule has 7 heteroatoms. The third-order valence-corrected chi connectivity index (χ3v) is 4.55. The summed E-state index contributed by atoms with van der Waals surface area (Å²) < 4.78 is 18.3. The van der Waals surface area contributed by atoms with Crippen LogP contribution in [0.2, 0.25) is 0 Å². The number of methoxy groups -OCH3 is 1. The number of carbonyl (C=O) groups is 3. The van der Waals surface area contributed by atoms with Crippen molar-refractivity contribution in [3.8, 4) is 0 Å². The molecule has 0 aromatic heterocycles. The van der Waals surface area contributed by atoms with Gasteiger partial charge in [0.25, 0.3) is 5.91 Å². The van der Waals surface area contributed by atoms with Gasteiger partial charge in [-0.15, -0.1) is 0 Å². The summed E-state index contributed by atoms with van der Waals surface area (Å²) in [5, 5.41) is 1.77. The Morgan fingerprint density at radius 2 is 1.89 bits per heavy atom. The molecule has 0 unspecified atom stereocenters. The molecule has 0 aliphatic carbocycles. The van der Waals surface area contributed by atoms with E-state index in [9.17, 15) is 18.8 Å². The van der Waals surface area contributed by atoms with Gasteiger partial charge in [0.15, 0.2) is 6.04 Å².